The summed E-state index contributed by atoms with van der Waals surface area (Å²) in [7, 11) is -0.906. The van der Waals surface area contributed by atoms with Gasteiger partial charge in [-0.1, -0.05) is 38.1 Å². The molecule has 2 rings (SSSR count). The highest BCUT2D eigenvalue weighted by molar-refractivity contribution is 7.91. The summed E-state index contributed by atoms with van der Waals surface area (Å²) in [6.07, 6.45) is 1.83. The first-order chi connectivity index (χ1) is 9.41. The van der Waals surface area contributed by atoms with Crippen molar-refractivity contribution in [2.75, 3.05) is 18.6 Å². The van der Waals surface area contributed by atoms with Gasteiger partial charge in [0.1, 0.15) is 0 Å². The lowest BCUT2D eigenvalue weighted by Crippen LogP contribution is -2.26. The van der Waals surface area contributed by atoms with Crippen LogP contribution in [-0.4, -0.2) is 27.0 Å². The van der Waals surface area contributed by atoms with Crippen LogP contribution in [0.25, 0.3) is 0 Å². The zero-order valence-electron chi connectivity index (χ0n) is 12.6. The molecule has 1 N–H and O–H groups in total. The van der Waals surface area contributed by atoms with Crippen molar-refractivity contribution in [3.8, 4) is 0 Å². The standard InChI is InChI=1S/C16H25NO2S/c1-12(2)9-13-5-4-6-14(10-13)16(17-3)15-7-8-20(18,19)11-15/h4-6,10,12,15-17H,7-9,11H2,1-3H3. The highest BCUT2D eigenvalue weighted by Gasteiger charge is 2.33. The predicted octanol–water partition coefficient (Wildman–Crippen LogP) is 2.58. The Bertz CT molecular complexity index is 551. The average molecular weight is 295 g/mol. The summed E-state index contributed by atoms with van der Waals surface area (Å²) in [5.74, 6) is 1.47. The Morgan fingerprint density at radius 3 is 2.65 bits per heavy atom. The summed E-state index contributed by atoms with van der Waals surface area (Å²) in [6.45, 7) is 4.43. The second kappa shape index (κ2) is 6.27. The molecule has 3 nitrogen and oxygen atoms in total. The first-order valence-electron chi connectivity index (χ1n) is 7.38. The Morgan fingerprint density at radius 1 is 1.35 bits per heavy atom. The monoisotopic (exact) mass is 295 g/mol. The van der Waals surface area contributed by atoms with E-state index >= 15 is 0 Å². The van der Waals surface area contributed by atoms with Gasteiger partial charge in [-0.05, 0) is 42.9 Å². The van der Waals surface area contributed by atoms with Gasteiger partial charge < -0.3 is 5.32 Å². The molecule has 0 bridgehead atoms. The molecule has 0 aromatic heterocycles. The predicted molar refractivity (Wildman–Crippen MR) is 83.5 cm³/mol. The molecule has 2 unspecified atom stereocenters. The Balaban J connectivity index is 2.19. The fourth-order valence-electron chi connectivity index (χ4n) is 3.15. The van der Waals surface area contributed by atoms with Crippen LogP contribution in [-0.2, 0) is 16.3 Å². The topological polar surface area (TPSA) is 46.2 Å². The van der Waals surface area contributed by atoms with Crippen molar-refractivity contribution < 1.29 is 8.42 Å². The van der Waals surface area contributed by atoms with E-state index in [2.05, 4.69) is 43.4 Å². The highest BCUT2D eigenvalue weighted by Crippen LogP contribution is 2.31. The van der Waals surface area contributed by atoms with Gasteiger partial charge in [0, 0.05) is 6.04 Å². The smallest absolute Gasteiger partial charge is 0.150 e. The normalized spacial score (nSPS) is 23.1. The van der Waals surface area contributed by atoms with Gasteiger partial charge in [0.05, 0.1) is 11.5 Å². The lowest BCUT2D eigenvalue weighted by atomic mass is 9.90. The molecule has 1 aliphatic heterocycles. The third-order valence-corrected chi connectivity index (χ3v) is 5.80. The fraction of sp³-hybridized carbons (Fsp3) is 0.625. The molecule has 1 aliphatic rings. The minimum absolute atomic E-state index is 0.138. The quantitative estimate of drug-likeness (QED) is 0.908. The van der Waals surface area contributed by atoms with Crippen molar-refractivity contribution in [1.29, 1.82) is 0 Å². The zero-order valence-corrected chi connectivity index (χ0v) is 13.4. The molecule has 0 aliphatic carbocycles. The van der Waals surface area contributed by atoms with E-state index in [0.717, 1.165) is 12.8 Å². The lowest BCUT2D eigenvalue weighted by Gasteiger charge is -2.23. The second-order valence-corrected chi connectivity index (χ2v) is 8.50. The Morgan fingerprint density at radius 2 is 2.10 bits per heavy atom. The largest absolute Gasteiger partial charge is 0.313 e. The first-order valence-corrected chi connectivity index (χ1v) is 9.20. The Kier molecular flexibility index (Phi) is 4.86. The summed E-state index contributed by atoms with van der Waals surface area (Å²) in [5.41, 5.74) is 2.55. The van der Waals surface area contributed by atoms with Gasteiger partial charge >= 0.3 is 0 Å². The van der Waals surface area contributed by atoms with Crippen molar-refractivity contribution in [2.24, 2.45) is 11.8 Å². The molecule has 0 radical (unpaired) electrons. The molecule has 1 aromatic carbocycles. The molecule has 1 fully saturated rings. The van der Waals surface area contributed by atoms with E-state index in [1.54, 1.807) is 0 Å². The number of benzene rings is 1. The lowest BCUT2D eigenvalue weighted by molar-refractivity contribution is 0.418. The fourth-order valence-corrected chi connectivity index (χ4v) is 4.99. The average Bonchev–Trinajstić information content (AvgIpc) is 2.70. The third-order valence-electron chi connectivity index (χ3n) is 4.00. The van der Waals surface area contributed by atoms with Crippen LogP contribution in [0.3, 0.4) is 0 Å². The number of hydrogen-bond donors (Lipinski definition) is 1. The highest BCUT2D eigenvalue weighted by atomic mass is 32.2. The van der Waals surface area contributed by atoms with Crippen molar-refractivity contribution in [3.63, 3.8) is 0 Å². The Hall–Kier alpha value is -0.870. The molecule has 0 amide bonds. The molecule has 112 valence electrons. The molecule has 1 aromatic rings. The van der Waals surface area contributed by atoms with Crippen LogP contribution in [0.5, 0.6) is 0 Å². The zero-order chi connectivity index (χ0) is 14.8. The molecule has 4 heteroatoms. The summed E-state index contributed by atoms with van der Waals surface area (Å²) < 4.78 is 23.4. The minimum Gasteiger partial charge on any atom is -0.313 e. The summed E-state index contributed by atoms with van der Waals surface area (Å²) in [5, 5.41) is 3.31. The van der Waals surface area contributed by atoms with Gasteiger partial charge in [0.25, 0.3) is 0 Å². The minimum atomic E-state index is -2.83. The summed E-state index contributed by atoms with van der Waals surface area (Å²) >= 11 is 0. The van der Waals surface area contributed by atoms with Gasteiger partial charge in [0.2, 0.25) is 0 Å². The van der Waals surface area contributed by atoms with Gasteiger partial charge in [-0.3, -0.25) is 0 Å². The summed E-state index contributed by atoms with van der Waals surface area (Å²) in [4.78, 5) is 0. The number of hydrogen-bond acceptors (Lipinski definition) is 3. The number of sulfone groups is 1. The van der Waals surface area contributed by atoms with Crippen LogP contribution < -0.4 is 5.32 Å². The molecular weight excluding hydrogens is 270 g/mol. The maximum absolute atomic E-state index is 11.7. The van der Waals surface area contributed by atoms with Gasteiger partial charge in [-0.2, -0.15) is 0 Å². The van der Waals surface area contributed by atoms with E-state index in [9.17, 15) is 8.42 Å². The van der Waals surface area contributed by atoms with E-state index in [1.165, 1.54) is 11.1 Å². The third kappa shape index (κ3) is 3.83. The molecule has 1 heterocycles. The summed E-state index contributed by atoms with van der Waals surface area (Å²) in [6, 6.07) is 8.71. The Labute approximate surface area is 122 Å². The van der Waals surface area contributed by atoms with E-state index < -0.39 is 9.84 Å². The molecule has 0 spiro atoms. The van der Waals surface area contributed by atoms with Crippen molar-refractivity contribution in [3.05, 3.63) is 35.4 Å². The van der Waals surface area contributed by atoms with Crippen LogP contribution in [0.2, 0.25) is 0 Å². The second-order valence-electron chi connectivity index (χ2n) is 6.27. The van der Waals surface area contributed by atoms with Crippen LogP contribution in [0.4, 0.5) is 0 Å². The van der Waals surface area contributed by atoms with Crippen molar-refractivity contribution in [1.82, 2.24) is 5.32 Å². The van der Waals surface area contributed by atoms with Crippen LogP contribution in [0.1, 0.15) is 37.4 Å². The van der Waals surface area contributed by atoms with Gasteiger partial charge in [-0.25, -0.2) is 8.42 Å². The molecule has 2 atom stereocenters. The number of rotatable bonds is 5. The molecule has 1 saturated heterocycles. The van der Waals surface area contributed by atoms with Crippen molar-refractivity contribution >= 4 is 9.84 Å². The van der Waals surface area contributed by atoms with E-state index in [-0.39, 0.29) is 12.0 Å². The van der Waals surface area contributed by atoms with Crippen LogP contribution in [0, 0.1) is 11.8 Å². The van der Waals surface area contributed by atoms with Crippen LogP contribution >= 0.6 is 0 Å². The first kappa shape index (κ1) is 15.5. The van der Waals surface area contributed by atoms with E-state index in [1.807, 2.05) is 7.05 Å². The SMILES string of the molecule is CNC(c1cccc(CC(C)C)c1)C1CCS(=O)(=O)C1. The maximum atomic E-state index is 11.7. The van der Waals surface area contributed by atoms with Gasteiger partial charge in [0.15, 0.2) is 9.84 Å². The van der Waals surface area contributed by atoms with E-state index in [0.29, 0.717) is 17.4 Å². The molecule has 20 heavy (non-hydrogen) atoms. The van der Waals surface area contributed by atoms with E-state index in [4.69, 9.17) is 0 Å². The maximum Gasteiger partial charge on any atom is 0.150 e. The van der Waals surface area contributed by atoms with Crippen molar-refractivity contribution in [2.45, 2.75) is 32.7 Å². The van der Waals surface area contributed by atoms with Gasteiger partial charge in [-0.15, -0.1) is 0 Å². The molecular formula is C16H25NO2S. The van der Waals surface area contributed by atoms with Crippen LogP contribution in [0.15, 0.2) is 24.3 Å². The number of nitrogens with one attached hydrogen (secondary N) is 1. The molecule has 0 saturated carbocycles.